The lowest BCUT2D eigenvalue weighted by molar-refractivity contribution is 0.0787. The molecule has 6 nitrogen and oxygen atoms in total. The van der Waals surface area contributed by atoms with E-state index < -0.39 is 0 Å². The molecule has 3 aromatic heterocycles. The number of aryl methyl sites for hydroxylation is 1. The number of nitrogens with one attached hydrogen (secondary N) is 1. The molecule has 1 unspecified atom stereocenters. The number of amides is 1. The predicted molar refractivity (Wildman–Crippen MR) is 121 cm³/mol. The van der Waals surface area contributed by atoms with Crippen molar-refractivity contribution in [3.63, 3.8) is 0 Å². The summed E-state index contributed by atoms with van der Waals surface area (Å²) < 4.78 is 13.1. The van der Waals surface area contributed by atoms with Crippen molar-refractivity contribution in [2.45, 2.75) is 19.3 Å². The van der Waals surface area contributed by atoms with Gasteiger partial charge in [-0.15, -0.1) is 0 Å². The summed E-state index contributed by atoms with van der Waals surface area (Å²) in [4.78, 5) is 28.2. The number of carbonyl (C=O) groups excluding carboxylic acids is 1. The van der Waals surface area contributed by atoms with E-state index in [4.69, 9.17) is 4.98 Å². The Bertz CT molecular complexity index is 1290. The zero-order chi connectivity index (χ0) is 22.1. The third-order valence-electron chi connectivity index (χ3n) is 5.74. The van der Waals surface area contributed by atoms with E-state index in [0.29, 0.717) is 24.6 Å². The number of rotatable bonds is 4. The Morgan fingerprint density at radius 1 is 1.12 bits per heavy atom. The van der Waals surface area contributed by atoms with Gasteiger partial charge in [0, 0.05) is 47.7 Å². The molecule has 0 aliphatic carbocycles. The van der Waals surface area contributed by atoms with Gasteiger partial charge in [-0.3, -0.25) is 14.8 Å². The SMILES string of the molecule is Cc1cc(Nc2ccc(F)cn2)cc(C2CCN(C(=O)c3nccc4ccccc34)C2)n1. The fourth-order valence-corrected chi connectivity index (χ4v) is 4.20. The average Bonchev–Trinajstić information content (AvgIpc) is 3.30. The number of hydrogen-bond donors (Lipinski definition) is 1. The summed E-state index contributed by atoms with van der Waals surface area (Å²) in [6.45, 7) is 3.19. The molecule has 4 aromatic rings. The van der Waals surface area contributed by atoms with Crippen LogP contribution in [0.25, 0.3) is 10.8 Å². The van der Waals surface area contributed by atoms with Gasteiger partial charge in [0.1, 0.15) is 17.3 Å². The van der Waals surface area contributed by atoms with Gasteiger partial charge >= 0.3 is 0 Å². The Hall–Kier alpha value is -3.87. The summed E-state index contributed by atoms with van der Waals surface area (Å²) in [7, 11) is 0. The second kappa shape index (κ2) is 8.34. The lowest BCUT2D eigenvalue weighted by atomic mass is 10.0. The number of anilines is 2. The van der Waals surface area contributed by atoms with Crippen LogP contribution in [0, 0.1) is 12.7 Å². The molecule has 4 heterocycles. The largest absolute Gasteiger partial charge is 0.340 e. The first kappa shape index (κ1) is 20.1. The van der Waals surface area contributed by atoms with Crippen LogP contribution in [0.2, 0.25) is 0 Å². The van der Waals surface area contributed by atoms with Gasteiger partial charge in [0.25, 0.3) is 5.91 Å². The van der Waals surface area contributed by atoms with Crippen LogP contribution < -0.4 is 5.32 Å². The minimum atomic E-state index is -0.376. The van der Waals surface area contributed by atoms with Crippen LogP contribution in [0.1, 0.15) is 34.2 Å². The van der Waals surface area contributed by atoms with E-state index in [2.05, 4.69) is 15.3 Å². The van der Waals surface area contributed by atoms with E-state index in [0.717, 1.165) is 34.3 Å². The molecule has 1 aliphatic heterocycles. The molecule has 1 amide bonds. The maximum atomic E-state index is 13.2. The summed E-state index contributed by atoms with van der Waals surface area (Å²) in [5.74, 6) is 0.271. The zero-order valence-corrected chi connectivity index (χ0v) is 17.6. The highest BCUT2D eigenvalue weighted by atomic mass is 19.1. The summed E-state index contributed by atoms with van der Waals surface area (Å²) >= 11 is 0. The fraction of sp³-hybridized carbons (Fsp3) is 0.200. The highest BCUT2D eigenvalue weighted by molar-refractivity contribution is 6.05. The van der Waals surface area contributed by atoms with E-state index >= 15 is 0 Å². The number of halogens is 1. The van der Waals surface area contributed by atoms with Crippen LogP contribution in [-0.4, -0.2) is 38.8 Å². The van der Waals surface area contributed by atoms with Crippen molar-refractivity contribution in [3.8, 4) is 0 Å². The first-order valence-electron chi connectivity index (χ1n) is 10.6. The molecular formula is C25H22FN5O. The lowest BCUT2D eigenvalue weighted by Gasteiger charge is -2.17. The maximum Gasteiger partial charge on any atom is 0.273 e. The van der Waals surface area contributed by atoms with Crippen LogP contribution in [0.15, 0.2) is 67.0 Å². The van der Waals surface area contributed by atoms with Gasteiger partial charge in [0.2, 0.25) is 0 Å². The first-order chi connectivity index (χ1) is 15.6. The molecule has 5 rings (SSSR count). The number of fused-ring (bicyclic) bond motifs is 1. The van der Waals surface area contributed by atoms with Crippen molar-refractivity contribution in [2.24, 2.45) is 0 Å². The quantitative estimate of drug-likeness (QED) is 0.504. The normalized spacial score (nSPS) is 15.8. The Labute approximate surface area is 185 Å². The van der Waals surface area contributed by atoms with Crippen LogP contribution in [0.3, 0.4) is 0 Å². The van der Waals surface area contributed by atoms with Gasteiger partial charge in [-0.05, 0) is 49.1 Å². The van der Waals surface area contributed by atoms with Crippen LogP contribution in [-0.2, 0) is 0 Å². The van der Waals surface area contributed by atoms with Crippen molar-refractivity contribution < 1.29 is 9.18 Å². The smallest absolute Gasteiger partial charge is 0.273 e. The molecule has 1 aliphatic rings. The van der Waals surface area contributed by atoms with E-state index in [9.17, 15) is 9.18 Å². The molecule has 7 heteroatoms. The number of pyridine rings is 3. The van der Waals surface area contributed by atoms with Crippen molar-refractivity contribution >= 4 is 28.2 Å². The number of carbonyl (C=O) groups is 1. The van der Waals surface area contributed by atoms with E-state index in [1.807, 2.05) is 54.3 Å². The molecule has 1 N–H and O–H groups in total. The lowest BCUT2D eigenvalue weighted by Crippen LogP contribution is -2.29. The van der Waals surface area contributed by atoms with Crippen molar-refractivity contribution in [1.29, 1.82) is 0 Å². The van der Waals surface area contributed by atoms with Gasteiger partial charge in [0.15, 0.2) is 0 Å². The van der Waals surface area contributed by atoms with Crippen LogP contribution in [0.4, 0.5) is 15.9 Å². The molecule has 32 heavy (non-hydrogen) atoms. The number of hydrogen-bond acceptors (Lipinski definition) is 5. The molecule has 160 valence electrons. The minimum absolute atomic E-state index is 0.0502. The Morgan fingerprint density at radius 3 is 2.84 bits per heavy atom. The van der Waals surface area contributed by atoms with Crippen LogP contribution >= 0.6 is 0 Å². The molecule has 1 fully saturated rings. The number of likely N-dealkylation sites (tertiary alicyclic amines) is 1. The summed E-state index contributed by atoms with van der Waals surface area (Å²) in [5.41, 5.74) is 3.13. The van der Waals surface area contributed by atoms with Crippen molar-refractivity contribution in [1.82, 2.24) is 19.9 Å². The Balaban J connectivity index is 1.35. The van der Waals surface area contributed by atoms with Gasteiger partial charge < -0.3 is 10.2 Å². The number of aromatic nitrogens is 3. The highest BCUT2D eigenvalue weighted by Crippen LogP contribution is 2.30. The molecule has 1 atom stereocenters. The molecule has 0 spiro atoms. The highest BCUT2D eigenvalue weighted by Gasteiger charge is 2.30. The number of benzene rings is 1. The second-order valence-electron chi connectivity index (χ2n) is 8.03. The first-order valence-corrected chi connectivity index (χ1v) is 10.6. The topological polar surface area (TPSA) is 71.0 Å². The summed E-state index contributed by atoms with van der Waals surface area (Å²) in [6, 6.07) is 16.6. The molecule has 1 aromatic carbocycles. The Kier molecular flexibility index (Phi) is 5.23. The third kappa shape index (κ3) is 4.01. The zero-order valence-electron chi connectivity index (χ0n) is 17.6. The van der Waals surface area contributed by atoms with Gasteiger partial charge in [0.05, 0.1) is 6.20 Å². The van der Waals surface area contributed by atoms with E-state index in [1.54, 1.807) is 12.3 Å². The molecule has 0 radical (unpaired) electrons. The van der Waals surface area contributed by atoms with Crippen LogP contribution in [0.5, 0.6) is 0 Å². The van der Waals surface area contributed by atoms with Gasteiger partial charge in [-0.25, -0.2) is 9.37 Å². The Morgan fingerprint density at radius 2 is 2.00 bits per heavy atom. The second-order valence-corrected chi connectivity index (χ2v) is 8.03. The monoisotopic (exact) mass is 427 g/mol. The van der Waals surface area contributed by atoms with Gasteiger partial charge in [-0.2, -0.15) is 0 Å². The van der Waals surface area contributed by atoms with Crippen molar-refractivity contribution in [2.75, 3.05) is 18.4 Å². The van der Waals surface area contributed by atoms with Gasteiger partial charge in [-0.1, -0.05) is 24.3 Å². The summed E-state index contributed by atoms with van der Waals surface area (Å²) in [6.07, 6.45) is 3.70. The average molecular weight is 427 g/mol. The molecule has 0 bridgehead atoms. The molecular weight excluding hydrogens is 405 g/mol. The fourth-order valence-electron chi connectivity index (χ4n) is 4.20. The molecule has 1 saturated heterocycles. The maximum absolute atomic E-state index is 13.2. The standard InChI is InChI=1S/C25H22FN5O/c1-16-12-20(30-23-7-6-19(26)14-28-23)13-22(29-16)18-9-11-31(15-18)25(32)24-21-5-3-2-4-17(21)8-10-27-24/h2-8,10,12-14,18H,9,11,15H2,1H3,(H,28,29,30). The van der Waals surface area contributed by atoms with Crippen molar-refractivity contribution in [3.05, 3.63) is 89.9 Å². The minimum Gasteiger partial charge on any atom is -0.340 e. The predicted octanol–water partition coefficient (Wildman–Crippen LogP) is 4.85. The third-order valence-corrected chi connectivity index (χ3v) is 5.74. The van der Waals surface area contributed by atoms with E-state index in [1.165, 1.54) is 12.3 Å². The van der Waals surface area contributed by atoms with E-state index in [-0.39, 0.29) is 17.6 Å². The molecule has 0 saturated carbocycles. The summed E-state index contributed by atoms with van der Waals surface area (Å²) in [5, 5.41) is 5.08. The number of nitrogens with zero attached hydrogens (tertiary/aromatic N) is 4.